The van der Waals surface area contributed by atoms with Gasteiger partial charge >= 0.3 is 0 Å². The van der Waals surface area contributed by atoms with Gasteiger partial charge in [-0.05, 0) is 31.5 Å². The van der Waals surface area contributed by atoms with Gasteiger partial charge in [0.2, 0.25) is 9.05 Å². The average molecular weight is 311 g/mol. The van der Waals surface area contributed by atoms with Gasteiger partial charge < -0.3 is 9.47 Å². The molecule has 1 aromatic rings. The van der Waals surface area contributed by atoms with Gasteiger partial charge in [-0.25, -0.2) is 12.8 Å². The highest BCUT2D eigenvalue weighted by atomic mass is 35.7. The highest BCUT2D eigenvalue weighted by Gasteiger charge is 2.25. The summed E-state index contributed by atoms with van der Waals surface area (Å²) in [4.78, 5) is 0. The average Bonchev–Trinajstić information content (AvgIpc) is 2.24. The molecule has 0 atom stereocenters. The van der Waals surface area contributed by atoms with Gasteiger partial charge in [-0.1, -0.05) is 0 Å². The van der Waals surface area contributed by atoms with Crippen molar-refractivity contribution in [3.05, 3.63) is 23.3 Å². The third-order valence-corrected chi connectivity index (χ3v) is 3.55. The molecule has 1 aromatic carbocycles. The Bertz CT molecular complexity index is 564. The third-order valence-electron chi connectivity index (χ3n) is 2.57. The van der Waals surface area contributed by atoms with Crippen LogP contribution >= 0.6 is 10.7 Å². The number of methoxy groups -OCH3 is 2. The molecule has 0 aliphatic heterocycles. The van der Waals surface area contributed by atoms with Crippen molar-refractivity contribution < 1.29 is 22.3 Å². The number of hydrogen-bond acceptors (Lipinski definition) is 4. The summed E-state index contributed by atoms with van der Waals surface area (Å²) in [6.07, 6.45) is 0. The van der Waals surface area contributed by atoms with Crippen molar-refractivity contribution in [3.63, 3.8) is 0 Å². The van der Waals surface area contributed by atoms with Crippen LogP contribution < -0.4 is 9.47 Å². The van der Waals surface area contributed by atoms with Crippen LogP contribution in [0.15, 0.2) is 12.1 Å². The van der Waals surface area contributed by atoms with Crippen molar-refractivity contribution in [2.75, 3.05) is 14.2 Å². The first-order valence-electron chi connectivity index (χ1n) is 5.45. The van der Waals surface area contributed by atoms with E-state index in [4.69, 9.17) is 20.2 Å². The van der Waals surface area contributed by atoms with Gasteiger partial charge in [0.25, 0.3) is 0 Å². The summed E-state index contributed by atoms with van der Waals surface area (Å²) in [5.74, 6) is 0.0404. The quantitative estimate of drug-likeness (QED) is 0.785. The summed E-state index contributed by atoms with van der Waals surface area (Å²) in [6.45, 7) is 2.74. The van der Waals surface area contributed by atoms with Crippen molar-refractivity contribution >= 4 is 19.7 Å². The molecule has 0 saturated carbocycles. The fraction of sp³-hybridized carbons (Fsp3) is 0.500. The lowest BCUT2D eigenvalue weighted by molar-refractivity contribution is 0.220. The van der Waals surface area contributed by atoms with Gasteiger partial charge in [0.05, 0.1) is 20.0 Å². The molecule has 0 heterocycles. The van der Waals surface area contributed by atoms with E-state index in [1.165, 1.54) is 40.2 Å². The number of benzene rings is 1. The molecule has 0 aromatic heterocycles. The normalized spacial score (nSPS) is 12.3. The number of rotatable bonds is 5. The van der Waals surface area contributed by atoms with E-state index in [0.717, 1.165) is 0 Å². The van der Waals surface area contributed by atoms with Crippen LogP contribution in [0.3, 0.4) is 0 Å². The zero-order chi connectivity index (χ0) is 14.8. The third kappa shape index (κ3) is 4.24. The van der Waals surface area contributed by atoms with Gasteiger partial charge in [-0.2, -0.15) is 0 Å². The van der Waals surface area contributed by atoms with E-state index in [9.17, 15) is 12.8 Å². The second kappa shape index (κ2) is 5.54. The molecular formula is C12H16ClFO4S. The van der Waals surface area contributed by atoms with Crippen molar-refractivity contribution in [2.24, 2.45) is 0 Å². The Morgan fingerprint density at radius 2 is 1.84 bits per heavy atom. The van der Waals surface area contributed by atoms with Gasteiger partial charge in [0.15, 0.2) is 11.5 Å². The smallest absolute Gasteiger partial charge is 0.236 e. The summed E-state index contributed by atoms with van der Waals surface area (Å²) in [6, 6.07) is 2.89. The standard InChI is InChI=1S/C12H16ClFO4S/c1-12(2,14)9-5-8(7-19(13,15)16)11(18-4)10(6-9)17-3/h5-6H,7H2,1-4H3. The van der Waals surface area contributed by atoms with E-state index in [2.05, 4.69) is 0 Å². The minimum Gasteiger partial charge on any atom is -0.493 e. The Labute approximate surface area is 116 Å². The van der Waals surface area contributed by atoms with Crippen molar-refractivity contribution in [1.82, 2.24) is 0 Å². The summed E-state index contributed by atoms with van der Waals surface area (Å²) in [5.41, 5.74) is -1.08. The van der Waals surface area contributed by atoms with E-state index in [1.807, 2.05) is 0 Å². The Kier molecular flexibility index (Phi) is 4.68. The highest BCUT2D eigenvalue weighted by Crippen LogP contribution is 2.38. The van der Waals surface area contributed by atoms with E-state index in [0.29, 0.717) is 5.56 Å². The Morgan fingerprint density at radius 1 is 1.26 bits per heavy atom. The zero-order valence-electron chi connectivity index (χ0n) is 11.2. The maximum Gasteiger partial charge on any atom is 0.236 e. The Hall–Kier alpha value is -1.01. The predicted octanol–water partition coefficient (Wildman–Crippen LogP) is 2.98. The van der Waals surface area contributed by atoms with Crippen molar-refractivity contribution in [2.45, 2.75) is 25.3 Å². The van der Waals surface area contributed by atoms with Crippen LogP contribution in [0.25, 0.3) is 0 Å². The molecule has 4 nitrogen and oxygen atoms in total. The summed E-state index contributed by atoms with van der Waals surface area (Å²) < 4.78 is 46.6. The first-order chi connectivity index (χ1) is 8.58. The maximum absolute atomic E-state index is 14.0. The molecule has 1 rings (SSSR count). The van der Waals surface area contributed by atoms with E-state index < -0.39 is 20.5 Å². The minimum atomic E-state index is -3.78. The van der Waals surface area contributed by atoms with E-state index >= 15 is 0 Å². The molecule has 0 radical (unpaired) electrons. The van der Waals surface area contributed by atoms with Gasteiger partial charge in [-0.3, -0.25) is 0 Å². The fourth-order valence-electron chi connectivity index (χ4n) is 1.68. The monoisotopic (exact) mass is 310 g/mol. The van der Waals surface area contributed by atoms with Crippen LogP contribution in [0.2, 0.25) is 0 Å². The molecule has 0 amide bonds. The lowest BCUT2D eigenvalue weighted by Crippen LogP contribution is -2.11. The van der Waals surface area contributed by atoms with Gasteiger partial charge in [0, 0.05) is 16.2 Å². The molecule has 0 saturated heterocycles. The molecule has 108 valence electrons. The van der Waals surface area contributed by atoms with E-state index in [1.54, 1.807) is 0 Å². The number of hydrogen-bond donors (Lipinski definition) is 0. The zero-order valence-corrected chi connectivity index (χ0v) is 12.7. The van der Waals surface area contributed by atoms with E-state index in [-0.39, 0.29) is 17.1 Å². The Balaban J connectivity index is 3.49. The van der Waals surface area contributed by atoms with Gasteiger partial charge in [0.1, 0.15) is 5.67 Å². The molecule has 0 aliphatic carbocycles. The highest BCUT2D eigenvalue weighted by molar-refractivity contribution is 8.13. The second-order valence-electron chi connectivity index (χ2n) is 4.53. The second-order valence-corrected chi connectivity index (χ2v) is 7.30. The molecule has 7 heteroatoms. The summed E-state index contributed by atoms with van der Waals surface area (Å²) >= 11 is 0. The van der Waals surface area contributed by atoms with Crippen LogP contribution in [-0.4, -0.2) is 22.6 Å². The number of ether oxygens (including phenoxy) is 2. The number of alkyl halides is 1. The summed E-state index contributed by atoms with van der Waals surface area (Å²) in [7, 11) is 4.23. The minimum absolute atomic E-state index is 0.236. The first kappa shape index (κ1) is 16.0. The molecule has 19 heavy (non-hydrogen) atoms. The topological polar surface area (TPSA) is 52.6 Å². The Morgan fingerprint density at radius 3 is 2.21 bits per heavy atom. The van der Waals surface area contributed by atoms with Crippen LogP contribution in [-0.2, 0) is 20.5 Å². The lowest BCUT2D eigenvalue weighted by atomic mass is 9.97. The molecule has 0 N–H and O–H groups in total. The van der Waals surface area contributed by atoms with Crippen LogP contribution in [0, 0.1) is 0 Å². The SMILES string of the molecule is COc1cc(C(C)(C)F)cc(CS(=O)(=O)Cl)c1OC. The molecular weight excluding hydrogens is 295 g/mol. The van der Waals surface area contributed by atoms with Crippen LogP contribution in [0.5, 0.6) is 11.5 Å². The van der Waals surface area contributed by atoms with Crippen molar-refractivity contribution in [1.29, 1.82) is 0 Å². The largest absolute Gasteiger partial charge is 0.493 e. The number of halogens is 2. The summed E-state index contributed by atoms with van der Waals surface area (Å²) in [5, 5.41) is 0. The van der Waals surface area contributed by atoms with Gasteiger partial charge in [-0.15, -0.1) is 0 Å². The molecule has 0 spiro atoms. The fourth-order valence-corrected chi connectivity index (χ4v) is 2.62. The van der Waals surface area contributed by atoms with Crippen LogP contribution in [0.4, 0.5) is 4.39 Å². The first-order valence-corrected chi connectivity index (χ1v) is 7.93. The molecule has 0 aliphatic rings. The molecule has 0 unspecified atom stereocenters. The molecule has 0 fully saturated rings. The predicted molar refractivity (Wildman–Crippen MR) is 72.2 cm³/mol. The maximum atomic E-state index is 14.0. The molecule has 0 bridgehead atoms. The van der Waals surface area contributed by atoms with Crippen molar-refractivity contribution in [3.8, 4) is 11.5 Å². The lowest BCUT2D eigenvalue weighted by Gasteiger charge is -2.19. The van der Waals surface area contributed by atoms with Crippen LogP contribution in [0.1, 0.15) is 25.0 Å².